The second-order valence-electron chi connectivity index (χ2n) is 4.71. The number of carboxylic acids is 1. The summed E-state index contributed by atoms with van der Waals surface area (Å²) >= 11 is 0. The highest BCUT2D eigenvalue weighted by molar-refractivity contribution is 6.14. The van der Waals surface area contributed by atoms with Crippen LogP contribution in [0.15, 0.2) is 36.7 Å². The maximum Gasteiger partial charge on any atom is 0.339 e. The number of rotatable bonds is 3. The van der Waals surface area contributed by atoms with Crippen LogP contribution in [0.4, 0.5) is 5.69 Å². The molecule has 0 atom stereocenters. The Morgan fingerprint density at radius 1 is 1.19 bits per heavy atom. The van der Waals surface area contributed by atoms with Gasteiger partial charge in [0.05, 0.1) is 5.69 Å². The minimum atomic E-state index is -1.08. The Labute approximate surface area is 119 Å². The predicted molar refractivity (Wildman–Crippen MR) is 78.7 cm³/mol. The zero-order valence-corrected chi connectivity index (χ0v) is 11.2. The smallest absolute Gasteiger partial charge is 0.339 e. The van der Waals surface area contributed by atoms with Crippen molar-refractivity contribution in [3.05, 3.63) is 53.5 Å². The van der Waals surface area contributed by atoms with Crippen molar-refractivity contribution in [2.45, 2.75) is 6.92 Å². The van der Waals surface area contributed by atoms with Crippen molar-refractivity contribution < 1.29 is 14.7 Å². The van der Waals surface area contributed by atoms with E-state index in [1.54, 1.807) is 25.3 Å². The van der Waals surface area contributed by atoms with Crippen LogP contribution < -0.4 is 5.32 Å². The number of carbonyl (C=O) groups excluding carboxylic acids is 1. The number of aromatic carboxylic acids is 1. The lowest BCUT2D eigenvalue weighted by Gasteiger charge is -2.06. The molecule has 0 aliphatic heterocycles. The van der Waals surface area contributed by atoms with Crippen LogP contribution in [-0.2, 0) is 0 Å². The molecule has 0 spiro atoms. The fourth-order valence-electron chi connectivity index (χ4n) is 2.37. The van der Waals surface area contributed by atoms with Crippen molar-refractivity contribution in [2.75, 3.05) is 5.32 Å². The lowest BCUT2D eigenvalue weighted by molar-refractivity contribution is 0.0697. The fourth-order valence-corrected chi connectivity index (χ4v) is 2.37. The SMILES string of the molecule is Cc1[nH]cc(NC(=O)c2cccc3[nH]ccc23)c1C(=O)O. The molecule has 0 saturated heterocycles. The lowest BCUT2D eigenvalue weighted by Crippen LogP contribution is -2.14. The maximum absolute atomic E-state index is 12.4. The third-order valence-electron chi connectivity index (χ3n) is 3.38. The molecule has 1 aromatic carbocycles. The van der Waals surface area contributed by atoms with Gasteiger partial charge < -0.3 is 20.4 Å². The summed E-state index contributed by atoms with van der Waals surface area (Å²) in [6.45, 7) is 1.64. The minimum absolute atomic E-state index is 0.0737. The van der Waals surface area contributed by atoms with Gasteiger partial charge in [0, 0.05) is 34.6 Å². The fraction of sp³-hybridized carbons (Fsp3) is 0.0667. The van der Waals surface area contributed by atoms with Gasteiger partial charge in [0.1, 0.15) is 5.56 Å². The zero-order valence-electron chi connectivity index (χ0n) is 11.2. The molecular weight excluding hydrogens is 270 g/mol. The summed E-state index contributed by atoms with van der Waals surface area (Å²) in [5, 5.41) is 12.6. The van der Waals surface area contributed by atoms with Gasteiger partial charge in [-0.2, -0.15) is 0 Å². The summed E-state index contributed by atoms with van der Waals surface area (Å²) in [4.78, 5) is 29.4. The molecular formula is C15H13N3O3. The molecule has 1 amide bonds. The lowest BCUT2D eigenvalue weighted by atomic mass is 10.1. The van der Waals surface area contributed by atoms with Crippen molar-refractivity contribution in [1.82, 2.24) is 9.97 Å². The first-order chi connectivity index (χ1) is 10.1. The second-order valence-corrected chi connectivity index (χ2v) is 4.71. The quantitative estimate of drug-likeness (QED) is 0.595. The van der Waals surface area contributed by atoms with Crippen LogP contribution >= 0.6 is 0 Å². The molecule has 0 aliphatic carbocycles. The van der Waals surface area contributed by atoms with Gasteiger partial charge in [0.25, 0.3) is 5.91 Å². The van der Waals surface area contributed by atoms with Gasteiger partial charge in [-0.3, -0.25) is 4.79 Å². The van der Waals surface area contributed by atoms with Gasteiger partial charge in [0.15, 0.2) is 0 Å². The highest BCUT2D eigenvalue weighted by Gasteiger charge is 2.18. The summed E-state index contributed by atoms with van der Waals surface area (Å²) in [5.41, 5.74) is 2.18. The Morgan fingerprint density at radius 2 is 2.00 bits per heavy atom. The molecule has 3 aromatic rings. The average molecular weight is 283 g/mol. The van der Waals surface area contributed by atoms with E-state index in [9.17, 15) is 14.7 Å². The molecule has 0 aliphatic rings. The van der Waals surface area contributed by atoms with Crippen molar-refractivity contribution in [1.29, 1.82) is 0 Å². The minimum Gasteiger partial charge on any atom is -0.478 e. The molecule has 0 bridgehead atoms. The first-order valence-corrected chi connectivity index (χ1v) is 6.36. The number of aromatic amines is 2. The average Bonchev–Trinajstić information content (AvgIpc) is 3.04. The second kappa shape index (κ2) is 4.82. The topological polar surface area (TPSA) is 98.0 Å². The molecule has 0 unspecified atom stereocenters. The van der Waals surface area contributed by atoms with Crippen LogP contribution in [0.25, 0.3) is 10.9 Å². The number of aryl methyl sites for hydroxylation is 1. The third kappa shape index (κ3) is 2.16. The van der Waals surface area contributed by atoms with E-state index in [-0.39, 0.29) is 17.2 Å². The number of nitrogens with one attached hydrogen (secondary N) is 3. The van der Waals surface area contributed by atoms with Crippen molar-refractivity contribution in [2.24, 2.45) is 0 Å². The Bertz CT molecular complexity index is 845. The van der Waals surface area contributed by atoms with Gasteiger partial charge in [-0.05, 0) is 25.1 Å². The molecule has 2 heterocycles. The van der Waals surface area contributed by atoms with E-state index in [0.29, 0.717) is 11.3 Å². The van der Waals surface area contributed by atoms with Gasteiger partial charge in [-0.25, -0.2) is 4.79 Å². The summed E-state index contributed by atoms with van der Waals surface area (Å²) in [5.74, 6) is -1.43. The highest BCUT2D eigenvalue weighted by Crippen LogP contribution is 2.22. The number of aromatic nitrogens is 2. The van der Waals surface area contributed by atoms with E-state index in [4.69, 9.17) is 0 Å². The third-order valence-corrected chi connectivity index (χ3v) is 3.38. The Hall–Kier alpha value is -3.02. The van der Waals surface area contributed by atoms with Gasteiger partial charge >= 0.3 is 5.97 Å². The molecule has 3 rings (SSSR count). The van der Waals surface area contributed by atoms with Crippen LogP contribution in [0.3, 0.4) is 0 Å². The number of carbonyl (C=O) groups is 2. The molecule has 0 saturated carbocycles. The number of amides is 1. The molecule has 6 heteroatoms. The Kier molecular flexibility index (Phi) is 2.98. The molecule has 2 aromatic heterocycles. The molecule has 4 N–H and O–H groups in total. The van der Waals surface area contributed by atoms with E-state index in [0.717, 1.165) is 10.9 Å². The van der Waals surface area contributed by atoms with Crippen LogP contribution in [0.2, 0.25) is 0 Å². The van der Waals surface area contributed by atoms with Crippen molar-refractivity contribution in [3.63, 3.8) is 0 Å². The normalized spacial score (nSPS) is 10.7. The molecule has 106 valence electrons. The number of H-pyrrole nitrogens is 2. The summed E-state index contributed by atoms with van der Waals surface area (Å²) in [6.07, 6.45) is 3.23. The number of benzene rings is 1. The predicted octanol–water partition coefficient (Wildman–Crippen LogP) is 2.75. The molecule has 0 radical (unpaired) electrons. The number of hydrogen-bond donors (Lipinski definition) is 4. The van der Waals surface area contributed by atoms with Crippen LogP contribution in [0, 0.1) is 6.92 Å². The van der Waals surface area contributed by atoms with E-state index in [1.807, 2.05) is 12.1 Å². The van der Waals surface area contributed by atoms with Crippen LogP contribution in [-0.4, -0.2) is 27.0 Å². The zero-order chi connectivity index (χ0) is 15.0. The highest BCUT2D eigenvalue weighted by atomic mass is 16.4. The first kappa shape index (κ1) is 13.0. The van der Waals surface area contributed by atoms with Crippen LogP contribution in [0.1, 0.15) is 26.4 Å². The maximum atomic E-state index is 12.4. The largest absolute Gasteiger partial charge is 0.478 e. The van der Waals surface area contributed by atoms with E-state index in [1.165, 1.54) is 6.20 Å². The van der Waals surface area contributed by atoms with E-state index < -0.39 is 5.97 Å². The summed E-state index contributed by atoms with van der Waals surface area (Å²) < 4.78 is 0. The van der Waals surface area contributed by atoms with Gasteiger partial charge in [-0.1, -0.05) is 6.07 Å². The van der Waals surface area contributed by atoms with Crippen molar-refractivity contribution >= 4 is 28.5 Å². The number of carboxylic acid groups (broad SMARTS) is 1. The van der Waals surface area contributed by atoms with E-state index in [2.05, 4.69) is 15.3 Å². The Balaban J connectivity index is 1.97. The number of hydrogen-bond acceptors (Lipinski definition) is 2. The van der Waals surface area contributed by atoms with Crippen LogP contribution in [0.5, 0.6) is 0 Å². The molecule has 21 heavy (non-hydrogen) atoms. The van der Waals surface area contributed by atoms with Gasteiger partial charge in [-0.15, -0.1) is 0 Å². The first-order valence-electron chi connectivity index (χ1n) is 6.36. The van der Waals surface area contributed by atoms with Gasteiger partial charge in [0.2, 0.25) is 0 Å². The monoisotopic (exact) mass is 283 g/mol. The standard InChI is InChI=1S/C15H13N3O3/c1-8-13(15(20)21)12(7-17-8)18-14(19)10-3-2-4-11-9(10)5-6-16-11/h2-7,16-17H,1H3,(H,18,19)(H,20,21). The summed E-state index contributed by atoms with van der Waals surface area (Å²) in [7, 11) is 0. The molecule has 6 nitrogen and oxygen atoms in total. The summed E-state index contributed by atoms with van der Waals surface area (Å²) in [6, 6.07) is 7.15. The molecule has 0 fully saturated rings. The number of anilines is 1. The Morgan fingerprint density at radius 3 is 2.76 bits per heavy atom. The number of fused-ring (bicyclic) bond motifs is 1. The van der Waals surface area contributed by atoms with Crippen molar-refractivity contribution in [3.8, 4) is 0 Å². The van der Waals surface area contributed by atoms with E-state index >= 15 is 0 Å².